The van der Waals surface area contributed by atoms with Gasteiger partial charge < -0.3 is 5.32 Å². The van der Waals surface area contributed by atoms with Crippen molar-refractivity contribution in [3.63, 3.8) is 0 Å². The van der Waals surface area contributed by atoms with Crippen LogP contribution in [0.15, 0.2) is 95.9 Å². The van der Waals surface area contributed by atoms with Gasteiger partial charge in [0.2, 0.25) is 11.9 Å². The molecule has 0 radical (unpaired) electrons. The Kier molecular flexibility index (Phi) is 7.22. The van der Waals surface area contributed by atoms with Crippen LogP contribution in [0.25, 0.3) is 0 Å². The number of carbonyl (C=O) groups is 1. The average molecular weight is 487 g/mol. The standard InChI is InChI=1S/C27H26N4O3S/c1-19-17-20(2)29-27(28-19)31-35(33,34)24-15-13-23(14-16-24)30-26(32)18-25(21-9-5-3-6-10-21)22-11-7-4-8-12-22/h3-17,25H,18H2,1-2H3,(H,30,32)(H,28,29,31). The van der Waals surface area contributed by atoms with Crippen LogP contribution in [0.4, 0.5) is 11.6 Å². The molecule has 0 fully saturated rings. The van der Waals surface area contributed by atoms with E-state index in [1.807, 2.05) is 60.7 Å². The second-order valence-corrected chi connectivity index (χ2v) is 9.91. The van der Waals surface area contributed by atoms with Crippen molar-refractivity contribution in [1.82, 2.24) is 9.97 Å². The number of hydrogen-bond acceptors (Lipinski definition) is 5. The fourth-order valence-electron chi connectivity index (χ4n) is 3.86. The molecular weight excluding hydrogens is 460 g/mol. The lowest BCUT2D eigenvalue weighted by Gasteiger charge is -2.18. The number of amides is 1. The summed E-state index contributed by atoms with van der Waals surface area (Å²) in [7, 11) is -3.87. The van der Waals surface area contributed by atoms with Gasteiger partial charge in [0.05, 0.1) is 4.90 Å². The van der Waals surface area contributed by atoms with Crippen molar-refractivity contribution in [2.45, 2.75) is 31.1 Å². The summed E-state index contributed by atoms with van der Waals surface area (Å²) < 4.78 is 27.9. The fraction of sp³-hybridized carbons (Fsp3) is 0.148. The summed E-state index contributed by atoms with van der Waals surface area (Å²) in [6.07, 6.45) is 0.250. The normalized spacial score (nSPS) is 11.3. The summed E-state index contributed by atoms with van der Waals surface area (Å²) in [5.74, 6) is -0.244. The highest BCUT2D eigenvalue weighted by Crippen LogP contribution is 2.28. The van der Waals surface area contributed by atoms with Gasteiger partial charge >= 0.3 is 0 Å². The minimum absolute atomic E-state index is 0.0211. The van der Waals surface area contributed by atoms with E-state index in [-0.39, 0.29) is 29.1 Å². The molecule has 0 aliphatic rings. The van der Waals surface area contributed by atoms with Crippen molar-refractivity contribution in [2.75, 3.05) is 10.0 Å². The summed E-state index contributed by atoms with van der Waals surface area (Å²) in [5, 5.41) is 2.88. The third-order valence-electron chi connectivity index (χ3n) is 5.45. The molecule has 35 heavy (non-hydrogen) atoms. The molecule has 3 aromatic carbocycles. The van der Waals surface area contributed by atoms with Crippen molar-refractivity contribution in [3.8, 4) is 0 Å². The van der Waals surface area contributed by atoms with E-state index in [1.165, 1.54) is 12.1 Å². The molecule has 2 N–H and O–H groups in total. The van der Waals surface area contributed by atoms with E-state index in [1.54, 1.807) is 32.0 Å². The zero-order valence-corrected chi connectivity index (χ0v) is 20.3. The highest BCUT2D eigenvalue weighted by atomic mass is 32.2. The Morgan fingerprint density at radius 1 is 0.800 bits per heavy atom. The van der Waals surface area contributed by atoms with Gasteiger partial charge in [-0.05, 0) is 55.3 Å². The van der Waals surface area contributed by atoms with E-state index in [4.69, 9.17) is 0 Å². The van der Waals surface area contributed by atoms with Crippen molar-refractivity contribution in [3.05, 3.63) is 114 Å². The first-order valence-corrected chi connectivity index (χ1v) is 12.6. The van der Waals surface area contributed by atoms with Crippen LogP contribution in [0.3, 0.4) is 0 Å². The number of anilines is 2. The number of sulfonamides is 1. The Morgan fingerprint density at radius 2 is 1.31 bits per heavy atom. The molecule has 8 heteroatoms. The van der Waals surface area contributed by atoms with Gasteiger partial charge in [0, 0.05) is 29.4 Å². The smallest absolute Gasteiger partial charge is 0.264 e. The molecule has 1 amide bonds. The predicted molar refractivity (Wildman–Crippen MR) is 137 cm³/mol. The largest absolute Gasteiger partial charge is 0.326 e. The summed E-state index contributed by atoms with van der Waals surface area (Å²) in [5.41, 5.74) is 3.94. The maximum atomic E-state index is 12.9. The molecule has 4 rings (SSSR count). The molecular formula is C27H26N4O3S. The number of carbonyl (C=O) groups excluding carboxylic acids is 1. The first kappa shape index (κ1) is 24.1. The van der Waals surface area contributed by atoms with E-state index < -0.39 is 10.0 Å². The maximum Gasteiger partial charge on any atom is 0.264 e. The highest BCUT2D eigenvalue weighted by Gasteiger charge is 2.19. The van der Waals surface area contributed by atoms with Crippen LogP contribution in [0.2, 0.25) is 0 Å². The first-order chi connectivity index (χ1) is 16.8. The van der Waals surface area contributed by atoms with E-state index in [0.717, 1.165) is 11.1 Å². The third kappa shape index (κ3) is 6.30. The van der Waals surface area contributed by atoms with Crippen molar-refractivity contribution in [1.29, 1.82) is 0 Å². The molecule has 0 aliphatic carbocycles. The maximum absolute atomic E-state index is 12.9. The van der Waals surface area contributed by atoms with Gasteiger partial charge in [-0.15, -0.1) is 0 Å². The first-order valence-electron chi connectivity index (χ1n) is 11.1. The number of rotatable bonds is 8. The second kappa shape index (κ2) is 10.5. The number of nitrogens with one attached hydrogen (secondary N) is 2. The summed E-state index contributed by atoms with van der Waals surface area (Å²) in [6, 6.07) is 27.5. The minimum atomic E-state index is -3.87. The molecule has 0 spiro atoms. The lowest BCUT2D eigenvalue weighted by molar-refractivity contribution is -0.116. The quantitative estimate of drug-likeness (QED) is 0.363. The van der Waals surface area contributed by atoms with Gasteiger partial charge in [-0.25, -0.2) is 23.1 Å². The molecule has 0 aliphatic heterocycles. The average Bonchev–Trinajstić information content (AvgIpc) is 2.83. The third-order valence-corrected chi connectivity index (χ3v) is 6.79. The van der Waals surface area contributed by atoms with E-state index >= 15 is 0 Å². The number of aryl methyl sites for hydroxylation is 2. The Bertz CT molecular complexity index is 1350. The van der Waals surface area contributed by atoms with E-state index in [0.29, 0.717) is 17.1 Å². The van der Waals surface area contributed by atoms with Crippen molar-refractivity contribution >= 4 is 27.6 Å². The molecule has 0 atom stereocenters. The lowest BCUT2D eigenvalue weighted by Crippen LogP contribution is -2.17. The molecule has 4 aromatic rings. The Hall–Kier alpha value is -4.04. The fourth-order valence-corrected chi connectivity index (χ4v) is 4.81. The number of aromatic nitrogens is 2. The van der Waals surface area contributed by atoms with Crippen LogP contribution in [-0.2, 0) is 14.8 Å². The van der Waals surface area contributed by atoms with Gasteiger partial charge in [0.1, 0.15) is 0 Å². The SMILES string of the molecule is Cc1cc(C)nc(NS(=O)(=O)c2ccc(NC(=O)CC(c3ccccc3)c3ccccc3)cc2)n1. The topological polar surface area (TPSA) is 101 Å². The molecule has 0 bridgehead atoms. The monoisotopic (exact) mass is 486 g/mol. The van der Waals surface area contributed by atoms with Crippen LogP contribution >= 0.6 is 0 Å². The van der Waals surface area contributed by atoms with E-state index in [9.17, 15) is 13.2 Å². The van der Waals surface area contributed by atoms with Crippen LogP contribution in [0.5, 0.6) is 0 Å². The molecule has 0 saturated carbocycles. The van der Waals surface area contributed by atoms with Crippen LogP contribution in [0.1, 0.15) is 34.9 Å². The van der Waals surface area contributed by atoms with Gasteiger partial charge in [-0.3, -0.25) is 4.79 Å². The van der Waals surface area contributed by atoms with Gasteiger partial charge in [-0.2, -0.15) is 0 Å². The second-order valence-electron chi connectivity index (χ2n) is 8.23. The summed E-state index contributed by atoms with van der Waals surface area (Å²) >= 11 is 0. The van der Waals surface area contributed by atoms with Gasteiger partial charge in [-0.1, -0.05) is 60.7 Å². The van der Waals surface area contributed by atoms with Crippen LogP contribution < -0.4 is 10.0 Å². The summed E-state index contributed by atoms with van der Waals surface area (Å²) in [4.78, 5) is 21.2. The van der Waals surface area contributed by atoms with E-state index in [2.05, 4.69) is 20.0 Å². The zero-order valence-electron chi connectivity index (χ0n) is 19.5. The number of hydrogen-bond donors (Lipinski definition) is 2. The number of nitrogens with zero attached hydrogens (tertiary/aromatic N) is 2. The van der Waals surface area contributed by atoms with Gasteiger partial charge in [0.25, 0.3) is 10.0 Å². The van der Waals surface area contributed by atoms with Gasteiger partial charge in [0.15, 0.2) is 0 Å². The molecule has 1 heterocycles. The molecule has 178 valence electrons. The van der Waals surface area contributed by atoms with Crippen molar-refractivity contribution in [2.24, 2.45) is 0 Å². The Labute approximate surface area is 205 Å². The zero-order chi connectivity index (χ0) is 24.8. The highest BCUT2D eigenvalue weighted by molar-refractivity contribution is 7.92. The molecule has 1 aromatic heterocycles. The Balaban J connectivity index is 1.46. The minimum Gasteiger partial charge on any atom is -0.326 e. The summed E-state index contributed by atoms with van der Waals surface area (Å²) in [6.45, 7) is 3.54. The predicted octanol–water partition coefficient (Wildman–Crippen LogP) is 5.05. The van der Waals surface area contributed by atoms with Crippen LogP contribution in [-0.4, -0.2) is 24.3 Å². The van der Waals surface area contributed by atoms with Crippen molar-refractivity contribution < 1.29 is 13.2 Å². The molecule has 0 unspecified atom stereocenters. The molecule has 7 nitrogen and oxygen atoms in total. The number of benzene rings is 3. The van der Waals surface area contributed by atoms with Crippen LogP contribution in [0, 0.1) is 13.8 Å². The molecule has 0 saturated heterocycles. The lowest BCUT2D eigenvalue weighted by atomic mass is 9.88. The Morgan fingerprint density at radius 3 is 1.83 bits per heavy atom.